The van der Waals surface area contributed by atoms with E-state index in [0.29, 0.717) is 0 Å². The van der Waals surface area contributed by atoms with E-state index in [-0.39, 0.29) is 6.04 Å². The third kappa shape index (κ3) is 2.48. The van der Waals surface area contributed by atoms with E-state index in [1.54, 1.807) is 14.2 Å². The van der Waals surface area contributed by atoms with Crippen molar-refractivity contribution in [3.05, 3.63) is 57.7 Å². The molecule has 0 saturated heterocycles. The summed E-state index contributed by atoms with van der Waals surface area (Å²) < 4.78 is 12.1. The van der Waals surface area contributed by atoms with Gasteiger partial charge < -0.3 is 19.8 Å². The van der Waals surface area contributed by atoms with Crippen molar-refractivity contribution in [2.45, 2.75) is 12.5 Å². The van der Waals surface area contributed by atoms with E-state index in [1.807, 2.05) is 18.2 Å². The zero-order valence-electron chi connectivity index (χ0n) is 13.7. The van der Waals surface area contributed by atoms with E-state index in [4.69, 9.17) is 9.47 Å². The fraction of sp³-hybridized carbons (Fsp3) is 0.263. The normalized spacial score (nSPS) is 16.9. The average molecular weight is 387 g/mol. The highest BCUT2D eigenvalue weighted by Gasteiger charge is 2.27. The molecule has 0 saturated carbocycles. The molecule has 4 nitrogen and oxygen atoms in total. The van der Waals surface area contributed by atoms with Gasteiger partial charge in [0.25, 0.3) is 0 Å². The zero-order valence-corrected chi connectivity index (χ0v) is 15.2. The minimum atomic E-state index is 0.0602. The first-order chi connectivity index (χ1) is 11.7. The van der Waals surface area contributed by atoms with Crippen LogP contribution in [-0.4, -0.2) is 25.7 Å². The number of halogens is 1. The topological polar surface area (TPSA) is 46.3 Å². The predicted molar refractivity (Wildman–Crippen MR) is 99.1 cm³/mol. The first-order valence-corrected chi connectivity index (χ1v) is 8.76. The lowest BCUT2D eigenvalue weighted by Gasteiger charge is -2.26. The molecule has 2 N–H and O–H groups in total. The summed E-state index contributed by atoms with van der Waals surface area (Å²) in [5.41, 5.74) is 4.84. The molecule has 2 aromatic carbocycles. The molecular formula is C19H19BrN2O2. The van der Waals surface area contributed by atoms with Crippen LogP contribution >= 0.6 is 15.9 Å². The van der Waals surface area contributed by atoms with Crippen molar-refractivity contribution >= 4 is 26.8 Å². The van der Waals surface area contributed by atoms with E-state index in [2.05, 4.69) is 44.4 Å². The smallest absolute Gasteiger partial charge is 0.124 e. The van der Waals surface area contributed by atoms with Crippen LogP contribution in [0.2, 0.25) is 0 Å². The highest BCUT2D eigenvalue weighted by Crippen LogP contribution is 2.38. The standard InChI is InChI=1S/C19H19BrN2O2/c1-23-12-4-6-17(24-2)15(10-12)18-19-13(7-8-21-18)14-9-11(20)3-5-16(14)22-19/h3-6,9-10,18,21-22H,7-8H2,1-2H3. The summed E-state index contributed by atoms with van der Waals surface area (Å²) in [5.74, 6) is 1.69. The molecule has 124 valence electrons. The Morgan fingerprint density at radius 2 is 1.96 bits per heavy atom. The second-order valence-corrected chi connectivity index (χ2v) is 6.87. The summed E-state index contributed by atoms with van der Waals surface area (Å²) in [6, 6.07) is 12.4. The fourth-order valence-electron chi connectivity index (χ4n) is 3.53. The minimum Gasteiger partial charge on any atom is -0.497 e. The van der Waals surface area contributed by atoms with Crippen molar-refractivity contribution < 1.29 is 9.47 Å². The number of hydrogen-bond acceptors (Lipinski definition) is 3. The Morgan fingerprint density at radius 3 is 2.75 bits per heavy atom. The van der Waals surface area contributed by atoms with Gasteiger partial charge in [-0.05, 0) is 48.4 Å². The number of benzene rings is 2. The molecule has 3 aromatic rings. The third-order valence-corrected chi connectivity index (χ3v) is 5.15. The van der Waals surface area contributed by atoms with Crippen LogP contribution in [0.25, 0.3) is 10.9 Å². The molecule has 5 heteroatoms. The molecule has 1 aromatic heterocycles. The highest BCUT2D eigenvalue weighted by molar-refractivity contribution is 9.10. The molecule has 0 amide bonds. The molecule has 0 spiro atoms. The van der Waals surface area contributed by atoms with Crippen LogP contribution < -0.4 is 14.8 Å². The van der Waals surface area contributed by atoms with Gasteiger partial charge in [0.2, 0.25) is 0 Å². The van der Waals surface area contributed by atoms with Crippen LogP contribution in [0.1, 0.15) is 22.9 Å². The first kappa shape index (κ1) is 15.5. The Labute approximate surface area is 149 Å². The average Bonchev–Trinajstić information content (AvgIpc) is 2.99. The highest BCUT2D eigenvalue weighted by atomic mass is 79.9. The molecule has 2 heterocycles. The number of H-pyrrole nitrogens is 1. The molecule has 24 heavy (non-hydrogen) atoms. The van der Waals surface area contributed by atoms with E-state index < -0.39 is 0 Å². The Hall–Kier alpha value is -1.98. The van der Waals surface area contributed by atoms with Gasteiger partial charge in [-0.2, -0.15) is 0 Å². The Morgan fingerprint density at radius 1 is 1.08 bits per heavy atom. The summed E-state index contributed by atoms with van der Waals surface area (Å²) in [6.07, 6.45) is 1.01. The van der Waals surface area contributed by atoms with Gasteiger partial charge in [0, 0.05) is 33.2 Å². The van der Waals surface area contributed by atoms with E-state index in [9.17, 15) is 0 Å². The molecule has 0 aliphatic carbocycles. The summed E-state index contributed by atoms with van der Waals surface area (Å²) in [6.45, 7) is 0.928. The molecule has 0 fully saturated rings. The van der Waals surface area contributed by atoms with E-state index >= 15 is 0 Å². The number of nitrogens with one attached hydrogen (secondary N) is 2. The number of methoxy groups -OCH3 is 2. The molecule has 0 radical (unpaired) electrons. The monoisotopic (exact) mass is 386 g/mol. The van der Waals surface area contributed by atoms with Crippen LogP contribution in [0.4, 0.5) is 0 Å². The maximum Gasteiger partial charge on any atom is 0.124 e. The van der Waals surface area contributed by atoms with E-state index in [1.165, 1.54) is 22.2 Å². The van der Waals surface area contributed by atoms with Gasteiger partial charge in [-0.1, -0.05) is 15.9 Å². The molecule has 4 rings (SSSR count). The van der Waals surface area contributed by atoms with Crippen LogP contribution in [0.3, 0.4) is 0 Å². The van der Waals surface area contributed by atoms with Crippen molar-refractivity contribution in [3.8, 4) is 11.5 Å². The molecular weight excluding hydrogens is 368 g/mol. The van der Waals surface area contributed by atoms with Crippen molar-refractivity contribution in [2.24, 2.45) is 0 Å². The number of fused-ring (bicyclic) bond motifs is 3. The number of hydrogen-bond donors (Lipinski definition) is 2. The summed E-state index contributed by atoms with van der Waals surface area (Å²) >= 11 is 3.58. The lowest BCUT2D eigenvalue weighted by Crippen LogP contribution is -2.30. The fourth-order valence-corrected chi connectivity index (χ4v) is 3.89. The van der Waals surface area contributed by atoms with Gasteiger partial charge in [0.1, 0.15) is 11.5 Å². The molecule has 0 bridgehead atoms. The van der Waals surface area contributed by atoms with Crippen LogP contribution in [-0.2, 0) is 6.42 Å². The van der Waals surface area contributed by atoms with Gasteiger partial charge in [0.05, 0.1) is 20.3 Å². The van der Waals surface area contributed by atoms with Crippen molar-refractivity contribution in [3.63, 3.8) is 0 Å². The number of aromatic nitrogens is 1. The quantitative estimate of drug-likeness (QED) is 0.709. The van der Waals surface area contributed by atoms with Gasteiger partial charge in [-0.3, -0.25) is 0 Å². The maximum absolute atomic E-state index is 5.59. The molecule has 1 unspecified atom stereocenters. The second-order valence-electron chi connectivity index (χ2n) is 5.95. The summed E-state index contributed by atoms with van der Waals surface area (Å²) in [7, 11) is 3.39. The van der Waals surface area contributed by atoms with Gasteiger partial charge in [0.15, 0.2) is 0 Å². The van der Waals surface area contributed by atoms with Gasteiger partial charge >= 0.3 is 0 Å². The van der Waals surface area contributed by atoms with Crippen LogP contribution in [0, 0.1) is 0 Å². The Kier molecular flexibility index (Phi) is 3.98. The van der Waals surface area contributed by atoms with Crippen molar-refractivity contribution in [1.82, 2.24) is 10.3 Å². The zero-order chi connectivity index (χ0) is 16.7. The van der Waals surface area contributed by atoms with Crippen molar-refractivity contribution in [1.29, 1.82) is 0 Å². The third-order valence-electron chi connectivity index (χ3n) is 4.66. The lowest BCUT2D eigenvalue weighted by atomic mass is 9.93. The first-order valence-electron chi connectivity index (χ1n) is 7.96. The summed E-state index contributed by atoms with van der Waals surface area (Å²) in [5, 5.41) is 4.90. The van der Waals surface area contributed by atoms with Crippen molar-refractivity contribution in [2.75, 3.05) is 20.8 Å². The Balaban J connectivity index is 1.89. The van der Waals surface area contributed by atoms with Gasteiger partial charge in [-0.25, -0.2) is 0 Å². The number of ether oxygens (including phenoxy) is 2. The summed E-state index contributed by atoms with van der Waals surface area (Å²) in [4.78, 5) is 3.60. The molecule has 1 aliphatic rings. The van der Waals surface area contributed by atoms with Crippen LogP contribution in [0.15, 0.2) is 40.9 Å². The predicted octanol–water partition coefficient (Wildman–Crippen LogP) is 4.18. The minimum absolute atomic E-state index is 0.0602. The molecule has 1 atom stereocenters. The maximum atomic E-state index is 5.59. The van der Waals surface area contributed by atoms with Crippen LogP contribution in [0.5, 0.6) is 11.5 Å². The second kappa shape index (κ2) is 6.15. The number of aromatic amines is 1. The molecule has 1 aliphatic heterocycles. The van der Waals surface area contributed by atoms with E-state index in [0.717, 1.165) is 34.5 Å². The van der Waals surface area contributed by atoms with Gasteiger partial charge in [-0.15, -0.1) is 0 Å². The largest absolute Gasteiger partial charge is 0.497 e. The lowest BCUT2D eigenvalue weighted by molar-refractivity contribution is 0.392. The Bertz CT molecular complexity index is 904. The SMILES string of the molecule is COc1ccc(OC)c(C2NCCc3c2[nH]c2ccc(Br)cc32)c1. The number of rotatable bonds is 3.